The molecule has 0 unspecified atom stereocenters. The van der Waals surface area contributed by atoms with E-state index in [0.717, 1.165) is 29.3 Å². The Balaban J connectivity index is 1.48. The number of hydrogen-bond donors (Lipinski definition) is 1. The van der Waals surface area contributed by atoms with E-state index in [9.17, 15) is 0 Å². The Kier molecular flexibility index (Phi) is 4.32. The Hall–Kier alpha value is -1.11. The summed E-state index contributed by atoms with van der Waals surface area (Å²) >= 11 is 1.83. The van der Waals surface area contributed by atoms with Crippen LogP contribution in [0.3, 0.4) is 0 Å². The second kappa shape index (κ2) is 6.36. The van der Waals surface area contributed by atoms with E-state index in [1.165, 1.54) is 32.4 Å². The lowest BCUT2D eigenvalue weighted by Gasteiger charge is -2.26. The fraction of sp³-hybridized carbons (Fsp3) is 0.538. The molecular weight excluding hydrogens is 260 g/mol. The van der Waals surface area contributed by atoms with Crippen molar-refractivity contribution in [2.75, 3.05) is 38.5 Å². The Morgan fingerprint density at radius 1 is 1.32 bits per heavy atom. The molecule has 1 saturated heterocycles. The van der Waals surface area contributed by atoms with Crippen LogP contribution in [0.2, 0.25) is 0 Å². The van der Waals surface area contributed by atoms with E-state index in [1.54, 1.807) is 6.20 Å². The third-order valence-electron chi connectivity index (χ3n) is 3.28. The number of hydrogen-bond acceptors (Lipinski definition) is 6. The highest BCUT2D eigenvalue weighted by Gasteiger charge is 2.10. The quantitative estimate of drug-likeness (QED) is 0.662. The van der Waals surface area contributed by atoms with E-state index in [-0.39, 0.29) is 0 Å². The number of pyridine rings is 1. The van der Waals surface area contributed by atoms with Crippen LogP contribution in [0.1, 0.15) is 6.42 Å². The maximum absolute atomic E-state index is 5.38. The predicted octanol–water partition coefficient (Wildman–Crippen LogP) is 1.61. The number of oxazole rings is 1. The molecule has 6 heteroatoms. The van der Waals surface area contributed by atoms with Crippen molar-refractivity contribution in [3.8, 4) is 0 Å². The minimum atomic E-state index is 0.701. The average molecular weight is 278 g/mol. The summed E-state index contributed by atoms with van der Waals surface area (Å²) in [6, 6.07) is 2.00. The van der Waals surface area contributed by atoms with Crippen molar-refractivity contribution >= 4 is 23.0 Å². The second-order valence-electron chi connectivity index (χ2n) is 4.61. The van der Waals surface area contributed by atoms with E-state index in [4.69, 9.17) is 4.42 Å². The van der Waals surface area contributed by atoms with Crippen molar-refractivity contribution in [1.82, 2.24) is 20.2 Å². The van der Waals surface area contributed by atoms with Gasteiger partial charge in [-0.15, -0.1) is 11.8 Å². The molecule has 0 aliphatic carbocycles. The zero-order chi connectivity index (χ0) is 12.9. The van der Waals surface area contributed by atoms with Crippen LogP contribution in [0.25, 0.3) is 11.2 Å². The molecular formula is C13H18N4OS. The monoisotopic (exact) mass is 278 g/mol. The highest BCUT2D eigenvalue weighted by atomic mass is 32.2. The standard InChI is InChI=1S/C13H18N4OS/c1(6-17-7-4-14-5-8-17)9-19-11-2-3-15-13-12(11)18-10-16-13/h2-3,10,14H,1,4-9H2. The van der Waals surface area contributed by atoms with Crippen LogP contribution < -0.4 is 5.32 Å². The molecule has 19 heavy (non-hydrogen) atoms. The van der Waals surface area contributed by atoms with Gasteiger partial charge < -0.3 is 14.6 Å². The van der Waals surface area contributed by atoms with Crippen LogP contribution in [0.5, 0.6) is 0 Å². The number of nitrogens with one attached hydrogen (secondary N) is 1. The van der Waals surface area contributed by atoms with Gasteiger partial charge in [-0.05, 0) is 24.8 Å². The van der Waals surface area contributed by atoms with Crippen molar-refractivity contribution in [1.29, 1.82) is 0 Å². The number of fused-ring (bicyclic) bond motifs is 1. The summed E-state index contributed by atoms with van der Waals surface area (Å²) in [6.45, 7) is 5.77. The molecule has 1 aliphatic heterocycles. The summed E-state index contributed by atoms with van der Waals surface area (Å²) < 4.78 is 5.38. The summed E-state index contributed by atoms with van der Waals surface area (Å²) in [5.41, 5.74) is 1.52. The number of nitrogens with zero attached hydrogens (tertiary/aromatic N) is 3. The average Bonchev–Trinajstić information content (AvgIpc) is 2.94. The molecule has 0 bridgehead atoms. The van der Waals surface area contributed by atoms with Crippen molar-refractivity contribution in [2.24, 2.45) is 0 Å². The lowest BCUT2D eigenvalue weighted by atomic mass is 10.3. The normalized spacial score (nSPS) is 17.1. The highest BCUT2D eigenvalue weighted by Crippen LogP contribution is 2.26. The fourth-order valence-electron chi connectivity index (χ4n) is 2.27. The van der Waals surface area contributed by atoms with E-state index in [0.29, 0.717) is 5.65 Å². The van der Waals surface area contributed by atoms with Crippen molar-refractivity contribution in [3.63, 3.8) is 0 Å². The molecule has 2 aromatic heterocycles. The minimum Gasteiger partial charge on any atom is -0.441 e. The molecule has 5 nitrogen and oxygen atoms in total. The molecule has 3 rings (SSSR count). The Labute approximate surface area is 116 Å². The third kappa shape index (κ3) is 3.26. The van der Waals surface area contributed by atoms with Crippen LogP contribution in [0.15, 0.2) is 28.0 Å². The van der Waals surface area contributed by atoms with Crippen molar-refractivity contribution < 1.29 is 4.42 Å². The van der Waals surface area contributed by atoms with Crippen LogP contribution in [0, 0.1) is 0 Å². The van der Waals surface area contributed by atoms with Gasteiger partial charge in [-0.3, -0.25) is 0 Å². The first-order valence-electron chi connectivity index (χ1n) is 6.67. The van der Waals surface area contributed by atoms with E-state index < -0.39 is 0 Å². The lowest BCUT2D eigenvalue weighted by molar-refractivity contribution is 0.242. The van der Waals surface area contributed by atoms with Crippen LogP contribution >= 0.6 is 11.8 Å². The largest absolute Gasteiger partial charge is 0.441 e. The summed E-state index contributed by atoms with van der Waals surface area (Å²) in [5, 5.41) is 3.37. The number of rotatable bonds is 5. The van der Waals surface area contributed by atoms with Gasteiger partial charge in [0.15, 0.2) is 17.6 Å². The van der Waals surface area contributed by atoms with Gasteiger partial charge in [0.05, 0.1) is 4.90 Å². The van der Waals surface area contributed by atoms with Crippen LogP contribution in [0.4, 0.5) is 0 Å². The first-order valence-corrected chi connectivity index (χ1v) is 7.66. The zero-order valence-electron chi connectivity index (χ0n) is 10.8. The van der Waals surface area contributed by atoms with Crippen LogP contribution in [-0.2, 0) is 0 Å². The molecule has 3 heterocycles. The summed E-state index contributed by atoms with van der Waals surface area (Å²) in [7, 11) is 0. The molecule has 1 fully saturated rings. The zero-order valence-corrected chi connectivity index (χ0v) is 11.7. The van der Waals surface area contributed by atoms with Gasteiger partial charge in [-0.2, -0.15) is 4.98 Å². The number of thioether (sulfide) groups is 1. The summed E-state index contributed by atoms with van der Waals surface area (Å²) in [6.07, 6.45) is 4.45. The molecule has 0 aromatic carbocycles. The predicted molar refractivity (Wildman–Crippen MR) is 76.5 cm³/mol. The summed E-state index contributed by atoms with van der Waals surface area (Å²) in [4.78, 5) is 11.9. The Morgan fingerprint density at radius 3 is 3.11 bits per heavy atom. The minimum absolute atomic E-state index is 0.701. The highest BCUT2D eigenvalue weighted by molar-refractivity contribution is 7.99. The van der Waals surface area contributed by atoms with Crippen LogP contribution in [-0.4, -0.2) is 53.3 Å². The second-order valence-corrected chi connectivity index (χ2v) is 5.74. The van der Waals surface area contributed by atoms with Crippen molar-refractivity contribution in [2.45, 2.75) is 11.3 Å². The SMILES string of the molecule is c1cc(SCCCN2CCNCC2)c2ocnc2n1. The fourth-order valence-corrected chi connectivity index (χ4v) is 3.19. The van der Waals surface area contributed by atoms with E-state index >= 15 is 0 Å². The molecule has 1 N–H and O–H groups in total. The molecule has 0 radical (unpaired) electrons. The maximum Gasteiger partial charge on any atom is 0.199 e. The van der Waals surface area contributed by atoms with Gasteiger partial charge in [0.2, 0.25) is 0 Å². The Morgan fingerprint density at radius 2 is 2.21 bits per heavy atom. The van der Waals surface area contributed by atoms with E-state index in [2.05, 4.69) is 20.2 Å². The van der Waals surface area contributed by atoms with Gasteiger partial charge in [0, 0.05) is 32.4 Å². The lowest BCUT2D eigenvalue weighted by Crippen LogP contribution is -2.43. The van der Waals surface area contributed by atoms with Gasteiger partial charge in [0.25, 0.3) is 0 Å². The number of piperazine rings is 1. The maximum atomic E-state index is 5.38. The molecule has 0 amide bonds. The number of aromatic nitrogens is 2. The van der Waals surface area contributed by atoms with Gasteiger partial charge in [-0.1, -0.05) is 0 Å². The first-order chi connectivity index (χ1) is 9.43. The smallest absolute Gasteiger partial charge is 0.199 e. The topological polar surface area (TPSA) is 54.2 Å². The molecule has 1 aliphatic rings. The molecule has 0 spiro atoms. The van der Waals surface area contributed by atoms with Gasteiger partial charge in [0.1, 0.15) is 0 Å². The van der Waals surface area contributed by atoms with Gasteiger partial charge >= 0.3 is 0 Å². The molecule has 2 aromatic rings. The molecule has 0 saturated carbocycles. The first kappa shape index (κ1) is 12.9. The van der Waals surface area contributed by atoms with E-state index in [1.807, 2.05) is 17.8 Å². The third-order valence-corrected chi connectivity index (χ3v) is 4.41. The van der Waals surface area contributed by atoms with Gasteiger partial charge in [-0.25, -0.2) is 4.98 Å². The molecule has 0 atom stereocenters. The summed E-state index contributed by atoms with van der Waals surface area (Å²) in [5.74, 6) is 1.10. The Bertz CT molecular complexity index is 524. The van der Waals surface area contributed by atoms with Crippen molar-refractivity contribution in [3.05, 3.63) is 18.7 Å². The molecule has 102 valence electrons.